The SMILES string of the molecule is CNCCCO/N=C1\CC[C@@]2(C)[C@H](C1)C1(CC1)C[C@@H]1[C@@H]2CC[C@]2(C)C(=O)CC[C@@H]12.Cl. The van der Waals surface area contributed by atoms with Crippen molar-refractivity contribution < 1.29 is 9.63 Å². The van der Waals surface area contributed by atoms with Gasteiger partial charge >= 0.3 is 0 Å². The van der Waals surface area contributed by atoms with Crippen molar-refractivity contribution in [2.24, 2.45) is 45.1 Å². The molecule has 0 aromatic carbocycles. The van der Waals surface area contributed by atoms with E-state index in [1.54, 1.807) is 0 Å². The molecule has 1 spiro atoms. The lowest BCUT2D eigenvalue weighted by Crippen LogP contribution is -2.57. The molecule has 5 aliphatic carbocycles. The molecule has 5 fully saturated rings. The average Bonchev–Trinajstić information content (AvgIpc) is 3.40. The topological polar surface area (TPSA) is 50.7 Å². The number of fused-ring (bicyclic) bond motifs is 6. The molecule has 0 heterocycles. The highest BCUT2D eigenvalue weighted by molar-refractivity contribution is 5.87. The molecule has 0 bridgehead atoms. The Morgan fingerprint density at radius 1 is 1.10 bits per heavy atom. The summed E-state index contributed by atoms with van der Waals surface area (Å²) in [7, 11) is 1.98. The van der Waals surface area contributed by atoms with Gasteiger partial charge in [0, 0.05) is 11.8 Å². The molecule has 5 aliphatic rings. The number of carbonyl (C=O) groups is 1. The molecule has 5 rings (SSSR count). The average molecular weight is 437 g/mol. The molecule has 0 unspecified atom stereocenters. The number of Topliss-reactive ketones (excluding diaryl/α,β-unsaturated/α-hetero) is 1. The van der Waals surface area contributed by atoms with Crippen LogP contribution in [0.25, 0.3) is 0 Å². The Hall–Kier alpha value is -0.610. The van der Waals surface area contributed by atoms with Crippen LogP contribution in [0.4, 0.5) is 0 Å². The lowest BCUT2D eigenvalue weighted by Gasteiger charge is -2.62. The molecule has 0 amide bonds. The third-order valence-electron chi connectivity index (χ3n) is 10.3. The van der Waals surface area contributed by atoms with Crippen LogP contribution in [0.5, 0.6) is 0 Å². The van der Waals surface area contributed by atoms with Crippen LogP contribution in [0.15, 0.2) is 5.16 Å². The zero-order valence-electron chi connectivity index (χ0n) is 19.2. The van der Waals surface area contributed by atoms with E-state index in [9.17, 15) is 4.79 Å². The van der Waals surface area contributed by atoms with Crippen molar-refractivity contribution in [2.45, 2.75) is 84.5 Å². The van der Waals surface area contributed by atoms with Crippen LogP contribution < -0.4 is 5.32 Å². The van der Waals surface area contributed by atoms with Crippen molar-refractivity contribution in [3.63, 3.8) is 0 Å². The van der Waals surface area contributed by atoms with E-state index in [1.165, 1.54) is 44.2 Å². The molecule has 4 nitrogen and oxygen atoms in total. The first-order valence-electron chi connectivity index (χ1n) is 12.3. The summed E-state index contributed by atoms with van der Waals surface area (Å²) < 4.78 is 0. The molecule has 0 radical (unpaired) electrons. The second-order valence-corrected chi connectivity index (χ2v) is 11.6. The van der Waals surface area contributed by atoms with Gasteiger partial charge in [-0.15, -0.1) is 12.4 Å². The zero-order chi connectivity index (χ0) is 20.3. The molecule has 0 aromatic heterocycles. The van der Waals surface area contributed by atoms with Gasteiger partial charge in [0.2, 0.25) is 0 Å². The van der Waals surface area contributed by atoms with E-state index in [0.29, 0.717) is 22.5 Å². The van der Waals surface area contributed by atoms with Gasteiger partial charge in [-0.2, -0.15) is 0 Å². The number of rotatable bonds is 5. The van der Waals surface area contributed by atoms with Crippen LogP contribution in [0.3, 0.4) is 0 Å². The van der Waals surface area contributed by atoms with Crippen LogP contribution >= 0.6 is 12.4 Å². The Morgan fingerprint density at radius 3 is 2.63 bits per heavy atom. The quantitative estimate of drug-likeness (QED) is 0.464. The van der Waals surface area contributed by atoms with E-state index in [0.717, 1.165) is 63.0 Å². The van der Waals surface area contributed by atoms with Gasteiger partial charge in [-0.25, -0.2) is 0 Å². The fourth-order valence-corrected chi connectivity index (χ4v) is 8.54. The lowest BCUT2D eigenvalue weighted by atomic mass is 9.42. The summed E-state index contributed by atoms with van der Waals surface area (Å²) in [6.45, 7) is 6.64. The Labute approximate surface area is 188 Å². The number of halogens is 1. The van der Waals surface area contributed by atoms with Gasteiger partial charge in [0.05, 0.1) is 5.71 Å². The molecule has 30 heavy (non-hydrogen) atoms. The van der Waals surface area contributed by atoms with Crippen LogP contribution in [0.1, 0.15) is 84.5 Å². The smallest absolute Gasteiger partial charge is 0.139 e. The first-order chi connectivity index (χ1) is 13.9. The summed E-state index contributed by atoms with van der Waals surface area (Å²) in [6.07, 6.45) is 13.2. The zero-order valence-corrected chi connectivity index (χ0v) is 20.0. The Kier molecular flexibility index (Phi) is 6.07. The Bertz CT molecular complexity index is 705. The number of ketones is 1. The summed E-state index contributed by atoms with van der Waals surface area (Å²) in [5.41, 5.74) is 2.31. The van der Waals surface area contributed by atoms with Crippen molar-refractivity contribution in [1.29, 1.82) is 0 Å². The highest BCUT2D eigenvalue weighted by Crippen LogP contribution is 2.75. The van der Waals surface area contributed by atoms with E-state index in [4.69, 9.17) is 4.84 Å². The Morgan fingerprint density at radius 2 is 1.90 bits per heavy atom. The molecule has 5 saturated carbocycles. The lowest BCUT2D eigenvalue weighted by molar-refractivity contribution is -0.145. The van der Waals surface area contributed by atoms with E-state index in [1.807, 2.05) is 7.05 Å². The number of carbonyl (C=O) groups excluding carboxylic acids is 1. The second kappa shape index (κ2) is 8.06. The number of hydrogen-bond donors (Lipinski definition) is 1. The van der Waals surface area contributed by atoms with Crippen molar-refractivity contribution in [3.05, 3.63) is 0 Å². The summed E-state index contributed by atoms with van der Waals surface area (Å²) >= 11 is 0. The van der Waals surface area contributed by atoms with Gasteiger partial charge in [-0.05, 0) is 112 Å². The number of hydrogen-bond acceptors (Lipinski definition) is 4. The summed E-state index contributed by atoms with van der Waals surface area (Å²) in [5.74, 6) is 3.63. The molecular weight excluding hydrogens is 396 g/mol. The van der Waals surface area contributed by atoms with Crippen LogP contribution in [-0.2, 0) is 9.63 Å². The molecule has 0 aliphatic heterocycles. The van der Waals surface area contributed by atoms with Crippen LogP contribution in [0, 0.1) is 39.9 Å². The van der Waals surface area contributed by atoms with Gasteiger partial charge in [-0.3, -0.25) is 4.79 Å². The highest BCUT2D eigenvalue weighted by Gasteiger charge is 2.68. The maximum absolute atomic E-state index is 12.7. The van der Waals surface area contributed by atoms with E-state index >= 15 is 0 Å². The van der Waals surface area contributed by atoms with Crippen molar-refractivity contribution in [3.8, 4) is 0 Å². The third kappa shape index (κ3) is 3.36. The minimum atomic E-state index is 0. The van der Waals surface area contributed by atoms with E-state index in [-0.39, 0.29) is 17.8 Å². The second-order valence-electron chi connectivity index (χ2n) is 11.6. The number of nitrogens with one attached hydrogen (secondary N) is 1. The predicted octanol–water partition coefficient (Wildman–Crippen LogP) is 5.39. The molecule has 1 N–H and O–H groups in total. The minimum Gasteiger partial charge on any atom is -0.396 e. The first-order valence-corrected chi connectivity index (χ1v) is 12.3. The molecular formula is C25H41ClN2O2. The maximum Gasteiger partial charge on any atom is 0.139 e. The third-order valence-corrected chi connectivity index (χ3v) is 10.3. The van der Waals surface area contributed by atoms with Crippen molar-refractivity contribution in [1.82, 2.24) is 5.32 Å². The largest absolute Gasteiger partial charge is 0.396 e. The molecule has 5 heteroatoms. The van der Waals surface area contributed by atoms with Crippen molar-refractivity contribution >= 4 is 23.9 Å². The molecule has 6 atom stereocenters. The van der Waals surface area contributed by atoms with Gasteiger partial charge in [-0.1, -0.05) is 19.0 Å². The highest BCUT2D eigenvalue weighted by atomic mass is 35.5. The van der Waals surface area contributed by atoms with Crippen LogP contribution in [0.2, 0.25) is 0 Å². The van der Waals surface area contributed by atoms with Crippen LogP contribution in [-0.4, -0.2) is 31.7 Å². The molecule has 170 valence electrons. The first kappa shape index (κ1) is 22.6. The predicted molar refractivity (Wildman–Crippen MR) is 123 cm³/mol. The summed E-state index contributed by atoms with van der Waals surface area (Å²) in [6, 6.07) is 0. The monoisotopic (exact) mass is 436 g/mol. The van der Waals surface area contributed by atoms with Gasteiger partial charge < -0.3 is 10.2 Å². The molecule has 0 aromatic rings. The Balaban J connectivity index is 0.00000218. The van der Waals surface area contributed by atoms with Crippen molar-refractivity contribution in [2.75, 3.05) is 20.2 Å². The number of oxime groups is 1. The maximum atomic E-state index is 12.7. The van der Waals surface area contributed by atoms with Gasteiger partial charge in [0.15, 0.2) is 0 Å². The number of nitrogens with zero attached hydrogens (tertiary/aromatic N) is 1. The van der Waals surface area contributed by atoms with Gasteiger partial charge in [0.1, 0.15) is 12.4 Å². The van der Waals surface area contributed by atoms with E-state index < -0.39 is 0 Å². The standard InChI is InChI=1S/C25H40N2O2.ClH/c1-23-9-7-17(27-29-14-4-13-26-3)15-21(23)25(11-12-25)16-18-19-5-6-22(28)24(19,2)10-8-20(18)23;/h18-21,26H,4-16H2,1-3H3;1H/b27-17+;/t18-,19-,20-,21-,23+,24-;/m0./s1. The fraction of sp³-hybridized carbons (Fsp3) is 0.920. The van der Waals surface area contributed by atoms with E-state index in [2.05, 4.69) is 24.3 Å². The molecule has 0 saturated heterocycles. The fourth-order valence-electron chi connectivity index (χ4n) is 8.54. The summed E-state index contributed by atoms with van der Waals surface area (Å²) in [5, 5.41) is 7.76. The normalized spacial score (nSPS) is 44.8. The summed E-state index contributed by atoms with van der Waals surface area (Å²) in [4.78, 5) is 18.4. The van der Waals surface area contributed by atoms with Gasteiger partial charge in [0.25, 0.3) is 0 Å². The minimum absolute atomic E-state index is 0.